The molecule has 1 saturated heterocycles. The molecule has 3 nitrogen and oxygen atoms in total. The van der Waals surface area contributed by atoms with Crippen molar-refractivity contribution in [1.82, 2.24) is 9.80 Å². The van der Waals surface area contributed by atoms with Gasteiger partial charge < -0.3 is 4.90 Å². The van der Waals surface area contributed by atoms with Gasteiger partial charge in [-0.15, -0.1) is 0 Å². The smallest absolute Gasteiger partial charge is 0.223 e. The van der Waals surface area contributed by atoms with Gasteiger partial charge in [0.15, 0.2) is 0 Å². The van der Waals surface area contributed by atoms with Crippen molar-refractivity contribution in [3.63, 3.8) is 0 Å². The topological polar surface area (TPSA) is 23.6 Å². The van der Waals surface area contributed by atoms with Crippen molar-refractivity contribution < 1.29 is 4.79 Å². The molecule has 0 aromatic carbocycles. The molecule has 84 valence electrons. The summed E-state index contributed by atoms with van der Waals surface area (Å²) in [5.74, 6) is 6.40. The molecule has 0 aliphatic carbocycles. The highest BCUT2D eigenvalue weighted by atomic mass is 16.2. The van der Waals surface area contributed by atoms with E-state index >= 15 is 0 Å². The van der Waals surface area contributed by atoms with Crippen LogP contribution in [0.3, 0.4) is 0 Å². The first-order valence-corrected chi connectivity index (χ1v) is 5.59. The zero-order chi connectivity index (χ0) is 11.3. The van der Waals surface area contributed by atoms with E-state index in [0.29, 0.717) is 19.0 Å². The van der Waals surface area contributed by atoms with Crippen molar-refractivity contribution in [2.75, 3.05) is 26.7 Å². The molecule has 0 aromatic heterocycles. The molecule has 0 radical (unpaired) electrons. The van der Waals surface area contributed by atoms with E-state index in [1.54, 1.807) is 0 Å². The zero-order valence-electron chi connectivity index (χ0n) is 9.92. The Morgan fingerprint density at radius 2 is 2.27 bits per heavy atom. The van der Waals surface area contributed by atoms with E-state index in [9.17, 15) is 4.79 Å². The van der Waals surface area contributed by atoms with Crippen LogP contribution in [0.15, 0.2) is 0 Å². The second-order valence-corrected chi connectivity index (χ2v) is 4.09. The fraction of sp³-hybridized carbons (Fsp3) is 0.750. The number of hydrogen-bond donors (Lipinski definition) is 0. The average Bonchev–Trinajstić information content (AvgIpc) is 2.54. The van der Waals surface area contributed by atoms with Crippen molar-refractivity contribution >= 4 is 5.91 Å². The van der Waals surface area contributed by atoms with Crippen molar-refractivity contribution in [2.45, 2.75) is 32.7 Å². The first-order valence-electron chi connectivity index (χ1n) is 5.59. The summed E-state index contributed by atoms with van der Waals surface area (Å²) in [6, 6.07) is 0.371. The molecular weight excluding hydrogens is 188 g/mol. The minimum Gasteiger partial charge on any atom is -0.329 e. The molecule has 1 aliphatic heterocycles. The monoisotopic (exact) mass is 208 g/mol. The van der Waals surface area contributed by atoms with Crippen LogP contribution in [0.1, 0.15) is 26.7 Å². The Morgan fingerprint density at radius 1 is 1.53 bits per heavy atom. The van der Waals surface area contributed by atoms with E-state index < -0.39 is 0 Å². The lowest BCUT2D eigenvalue weighted by Gasteiger charge is -2.18. The van der Waals surface area contributed by atoms with E-state index in [0.717, 1.165) is 19.5 Å². The highest BCUT2D eigenvalue weighted by molar-refractivity contribution is 5.78. The van der Waals surface area contributed by atoms with Gasteiger partial charge in [0.1, 0.15) is 0 Å². The largest absolute Gasteiger partial charge is 0.329 e. The number of carbonyl (C=O) groups excluding carboxylic acids is 1. The number of likely N-dealkylation sites (tertiary alicyclic amines) is 1. The van der Waals surface area contributed by atoms with Crippen LogP contribution in [0.2, 0.25) is 0 Å². The van der Waals surface area contributed by atoms with E-state index in [4.69, 9.17) is 0 Å². The SMILES string of the molecule is CCN(C)CC#CCN1C(=O)CCC1C. The van der Waals surface area contributed by atoms with Crippen LogP contribution >= 0.6 is 0 Å². The first kappa shape index (κ1) is 12.1. The highest BCUT2D eigenvalue weighted by Gasteiger charge is 2.26. The molecule has 1 aliphatic rings. The van der Waals surface area contributed by atoms with Crippen LogP contribution in [-0.2, 0) is 4.79 Å². The second kappa shape index (κ2) is 5.77. The maximum absolute atomic E-state index is 11.4. The third-order valence-corrected chi connectivity index (χ3v) is 2.89. The van der Waals surface area contributed by atoms with Gasteiger partial charge in [-0.25, -0.2) is 0 Å². The van der Waals surface area contributed by atoms with Crippen LogP contribution in [0.25, 0.3) is 0 Å². The van der Waals surface area contributed by atoms with Crippen LogP contribution in [-0.4, -0.2) is 48.4 Å². The maximum Gasteiger partial charge on any atom is 0.223 e. The zero-order valence-corrected chi connectivity index (χ0v) is 9.92. The van der Waals surface area contributed by atoms with E-state index in [1.807, 2.05) is 11.9 Å². The molecule has 0 aromatic rings. The van der Waals surface area contributed by atoms with Crippen LogP contribution in [0.4, 0.5) is 0 Å². The molecule has 1 unspecified atom stereocenters. The maximum atomic E-state index is 11.4. The summed E-state index contributed by atoms with van der Waals surface area (Å²) in [6.07, 6.45) is 1.67. The molecular formula is C12H20N2O. The molecule has 1 amide bonds. The number of carbonyl (C=O) groups is 1. The summed E-state index contributed by atoms with van der Waals surface area (Å²) in [4.78, 5) is 15.4. The molecule has 3 heteroatoms. The van der Waals surface area contributed by atoms with Crippen molar-refractivity contribution in [2.24, 2.45) is 0 Å². The second-order valence-electron chi connectivity index (χ2n) is 4.09. The third kappa shape index (κ3) is 3.56. The summed E-state index contributed by atoms with van der Waals surface area (Å²) in [5.41, 5.74) is 0. The lowest BCUT2D eigenvalue weighted by Crippen LogP contribution is -2.31. The summed E-state index contributed by atoms with van der Waals surface area (Å²) in [6.45, 7) is 6.58. The summed E-state index contributed by atoms with van der Waals surface area (Å²) in [5, 5.41) is 0. The van der Waals surface area contributed by atoms with Gasteiger partial charge in [-0.1, -0.05) is 18.8 Å². The minimum atomic E-state index is 0.251. The molecule has 1 fully saturated rings. The Hall–Kier alpha value is -1.01. The first-order chi connectivity index (χ1) is 7.15. The van der Waals surface area contributed by atoms with Gasteiger partial charge >= 0.3 is 0 Å². The van der Waals surface area contributed by atoms with Gasteiger partial charge in [-0.3, -0.25) is 9.69 Å². The Kier molecular flexibility index (Phi) is 4.64. The molecule has 1 rings (SSSR count). The Labute approximate surface area is 92.4 Å². The average molecular weight is 208 g/mol. The normalized spacial score (nSPS) is 20.7. The standard InChI is InChI=1S/C12H20N2O/c1-4-13(3)9-5-6-10-14-11(2)7-8-12(14)15/h11H,4,7-10H2,1-3H3. The lowest BCUT2D eigenvalue weighted by atomic mass is 10.2. The predicted octanol–water partition coefficient (Wildman–Crippen LogP) is 0.952. The summed E-state index contributed by atoms with van der Waals surface area (Å²) < 4.78 is 0. The van der Waals surface area contributed by atoms with Crippen LogP contribution in [0, 0.1) is 11.8 Å². The Morgan fingerprint density at radius 3 is 2.80 bits per heavy atom. The summed E-state index contributed by atoms with van der Waals surface area (Å²) >= 11 is 0. The fourth-order valence-electron chi connectivity index (χ4n) is 1.57. The summed E-state index contributed by atoms with van der Waals surface area (Å²) in [7, 11) is 2.04. The Bertz CT molecular complexity index is 277. The number of hydrogen-bond acceptors (Lipinski definition) is 2. The molecule has 0 saturated carbocycles. The lowest BCUT2D eigenvalue weighted by molar-refractivity contribution is -0.128. The number of amides is 1. The quantitative estimate of drug-likeness (QED) is 0.645. The predicted molar refractivity (Wildman–Crippen MR) is 61.4 cm³/mol. The number of nitrogens with zero attached hydrogens (tertiary/aromatic N) is 2. The molecule has 1 heterocycles. The van der Waals surface area contributed by atoms with Crippen LogP contribution < -0.4 is 0 Å². The van der Waals surface area contributed by atoms with Crippen molar-refractivity contribution in [1.29, 1.82) is 0 Å². The van der Waals surface area contributed by atoms with Gasteiger partial charge in [0.05, 0.1) is 13.1 Å². The highest BCUT2D eigenvalue weighted by Crippen LogP contribution is 2.16. The molecule has 15 heavy (non-hydrogen) atoms. The van der Waals surface area contributed by atoms with E-state index in [2.05, 4.69) is 30.6 Å². The molecule has 0 bridgehead atoms. The van der Waals surface area contributed by atoms with Crippen molar-refractivity contribution in [3.05, 3.63) is 0 Å². The molecule has 0 N–H and O–H groups in total. The van der Waals surface area contributed by atoms with E-state index in [-0.39, 0.29) is 5.91 Å². The molecule has 1 atom stereocenters. The number of rotatable bonds is 3. The van der Waals surface area contributed by atoms with E-state index in [1.165, 1.54) is 0 Å². The van der Waals surface area contributed by atoms with Crippen LogP contribution in [0.5, 0.6) is 0 Å². The fourth-order valence-corrected chi connectivity index (χ4v) is 1.57. The van der Waals surface area contributed by atoms with Gasteiger partial charge in [0.25, 0.3) is 0 Å². The third-order valence-electron chi connectivity index (χ3n) is 2.89. The molecule has 0 spiro atoms. The Balaban J connectivity index is 2.32. The van der Waals surface area contributed by atoms with Gasteiger partial charge in [-0.2, -0.15) is 0 Å². The van der Waals surface area contributed by atoms with Gasteiger partial charge in [-0.05, 0) is 26.9 Å². The van der Waals surface area contributed by atoms with Crippen molar-refractivity contribution in [3.8, 4) is 11.8 Å². The van der Waals surface area contributed by atoms with Gasteiger partial charge in [0, 0.05) is 12.5 Å². The van der Waals surface area contributed by atoms with Gasteiger partial charge in [0.2, 0.25) is 5.91 Å². The minimum absolute atomic E-state index is 0.251.